The molecule has 1 heterocycles. The molecule has 2 aromatic rings. The van der Waals surface area contributed by atoms with E-state index in [0.717, 1.165) is 24.2 Å². The number of amides is 1. The first kappa shape index (κ1) is 20.4. The van der Waals surface area contributed by atoms with Gasteiger partial charge in [0.05, 0.1) is 17.2 Å². The summed E-state index contributed by atoms with van der Waals surface area (Å²) in [5, 5.41) is 3.41. The van der Waals surface area contributed by atoms with Gasteiger partial charge in [-0.15, -0.1) is 0 Å². The molecule has 1 amide bonds. The maximum atomic E-state index is 12.7. The first-order valence-electron chi connectivity index (χ1n) is 9.52. The molecular formula is C23H27ClN2O2. The van der Waals surface area contributed by atoms with E-state index in [1.807, 2.05) is 26.8 Å². The summed E-state index contributed by atoms with van der Waals surface area (Å²) in [5.74, 6) is 0.378. The number of likely N-dealkylation sites (N-methyl/N-ethyl adjacent to an activating group) is 1. The minimum Gasteiger partial charge on any atom is -0.489 e. The molecule has 148 valence electrons. The van der Waals surface area contributed by atoms with Gasteiger partial charge in [0.2, 0.25) is 0 Å². The molecule has 28 heavy (non-hydrogen) atoms. The van der Waals surface area contributed by atoms with Crippen LogP contribution in [-0.2, 0) is 6.42 Å². The number of ether oxygens (including phenoxy) is 1. The van der Waals surface area contributed by atoms with E-state index < -0.39 is 0 Å². The Morgan fingerprint density at radius 2 is 2.04 bits per heavy atom. The molecule has 0 saturated carbocycles. The van der Waals surface area contributed by atoms with Crippen molar-refractivity contribution in [1.29, 1.82) is 0 Å². The molecule has 1 unspecified atom stereocenters. The molecule has 1 aliphatic rings. The normalized spacial score (nSPS) is 16.6. The Hall–Kier alpha value is -2.30. The van der Waals surface area contributed by atoms with Crippen LogP contribution in [0.3, 0.4) is 0 Å². The number of hydrogen-bond donors (Lipinski definition) is 1. The van der Waals surface area contributed by atoms with Gasteiger partial charge in [0.15, 0.2) is 0 Å². The van der Waals surface area contributed by atoms with E-state index in [-0.39, 0.29) is 18.1 Å². The van der Waals surface area contributed by atoms with Crippen molar-refractivity contribution in [1.82, 2.24) is 4.90 Å². The summed E-state index contributed by atoms with van der Waals surface area (Å²) >= 11 is 6.27. The van der Waals surface area contributed by atoms with Crippen LogP contribution in [0.25, 0.3) is 0 Å². The summed E-state index contributed by atoms with van der Waals surface area (Å²) < 4.78 is 5.63. The van der Waals surface area contributed by atoms with Gasteiger partial charge in [0, 0.05) is 17.8 Å². The van der Waals surface area contributed by atoms with Crippen LogP contribution in [0.5, 0.6) is 5.75 Å². The van der Waals surface area contributed by atoms with E-state index in [1.165, 1.54) is 11.1 Å². The molecule has 4 nitrogen and oxygen atoms in total. The third kappa shape index (κ3) is 4.40. The standard InChI is InChI=1S/C23H27ClN2O2/c1-14(2)22-19-13-18(8-6-16(19)10-11-26(22)5)25-23(27)17-7-9-21(20(24)12-17)28-15(3)4/h6-9,12-13,15,22H,1,10-11H2,2-5H3,(H,25,27). The van der Waals surface area contributed by atoms with Crippen LogP contribution in [0.15, 0.2) is 48.6 Å². The SMILES string of the molecule is C=C(C)C1c2cc(NC(=O)c3ccc(OC(C)C)c(Cl)c3)ccc2CCN1C. The smallest absolute Gasteiger partial charge is 0.255 e. The quantitative estimate of drug-likeness (QED) is 0.677. The van der Waals surface area contributed by atoms with Crippen molar-refractivity contribution in [3.05, 3.63) is 70.3 Å². The van der Waals surface area contributed by atoms with Crippen LogP contribution < -0.4 is 10.1 Å². The van der Waals surface area contributed by atoms with Crippen LogP contribution in [-0.4, -0.2) is 30.5 Å². The number of benzene rings is 2. The summed E-state index contributed by atoms with van der Waals surface area (Å²) in [5.41, 5.74) is 4.87. The number of halogens is 1. The molecule has 3 rings (SSSR count). The molecule has 0 fully saturated rings. The van der Waals surface area contributed by atoms with Crippen molar-refractivity contribution < 1.29 is 9.53 Å². The van der Waals surface area contributed by atoms with E-state index in [9.17, 15) is 4.79 Å². The van der Waals surface area contributed by atoms with Crippen molar-refractivity contribution in [3.63, 3.8) is 0 Å². The van der Waals surface area contributed by atoms with E-state index in [1.54, 1.807) is 18.2 Å². The lowest BCUT2D eigenvalue weighted by Gasteiger charge is -2.35. The summed E-state index contributed by atoms with van der Waals surface area (Å²) in [6.07, 6.45) is 1.02. The van der Waals surface area contributed by atoms with Gasteiger partial charge in [-0.2, -0.15) is 0 Å². The van der Waals surface area contributed by atoms with Crippen LogP contribution in [0.1, 0.15) is 48.3 Å². The fourth-order valence-corrected chi connectivity index (χ4v) is 3.88. The minimum absolute atomic E-state index is 0.0204. The number of anilines is 1. The fourth-order valence-electron chi connectivity index (χ4n) is 3.65. The molecule has 2 aromatic carbocycles. The molecule has 5 heteroatoms. The zero-order chi connectivity index (χ0) is 20.4. The maximum Gasteiger partial charge on any atom is 0.255 e. The first-order chi connectivity index (χ1) is 13.3. The van der Waals surface area contributed by atoms with Crippen molar-refractivity contribution >= 4 is 23.2 Å². The number of fused-ring (bicyclic) bond motifs is 1. The number of hydrogen-bond acceptors (Lipinski definition) is 3. The molecular weight excluding hydrogens is 372 g/mol. The number of rotatable bonds is 5. The third-order valence-corrected chi connectivity index (χ3v) is 5.19. The Morgan fingerprint density at radius 1 is 1.29 bits per heavy atom. The highest BCUT2D eigenvalue weighted by Gasteiger charge is 2.25. The van der Waals surface area contributed by atoms with Gasteiger partial charge in [0.1, 0.15) is 5.75 Å². The molecule has 0 aromatic heterocycles. The van der Waals surface area contributed by atoms with Crippen molar-refractivity contribution in [2.24, 2.45) is 0 Å². The lowest BCUT2D eigenvalue weighted by molar-refractivity contribution is 0.102. The van der Waals surface area contributed by atoms with Gasteiger partial charge in [-0.05, 0) is 75.7 Å². The van der Waals surface area contributed by atoms with Gasteiger partial charge >= 0.3 is 0 Å². The highest BCUT2D eigenvalue weighted by atomic mass is 35.5. The van der Waals surface area contributed by atoms with Crippen molar-refractivity contribution in [2.45, 2.75) is 39.3 Å². The maximum absolute atomic E-state index is 12.7. The van der Waals surface area contributed by atoms with Gasteiger partial charge in [-0.3, -0.25) is 9.69 Å². The molecule has 1 atom stereocenters. The van der Waals surface area contributed by atoms with E-state index >= 15 is 0 Å². The zero-order valence-electron chi connectivity index (χ0n) is 16.9. The van der Waals surface area contributed by atoms with Crippen molar-refractivity contribution in [3.8, 4) is 5.75 Å². The summed E-state index contributed by atoms with van der Waals surface area (Å²) in [4.78, 5) is 15.0. The molecule has 1 aliphatic heterocycles. The highest BCUT2D eigenvalue weighted by molar-refractivity contribution is 6.32. The Morgan fingerprint density at radius 3 is 2.68 bits per heavy atom. The Balaban J connectivity index is 1.82. The second kappa shape index (κ2) is 8.38. The average molecular weight is 399 g/mol. The Labute approximate surface area is 172 Å². The summed E-state index contributed by atoms with van der Waals surface area (Å²) in [6.45, 7) is 11.1. The van der Waals surface area contributed by atoms with Gasteiger partial charge in [-0.25, -0.2) is 0 Å². The number of carbonyl (C=O) groups is 1. The zero-order valence-corrected chi connectivity index (χ0v) is 17.6. The molecule has 0 bridgehead atoms. The van der Waals surface area contributed by atoms with E-state index in [2.05, 4.69) is 36.0 Å². The van der Waals surface area contributed by atoms with Crippen LogP contribution in [0.4, 0.5) is 5.69 Å². The highest BCUT2D eigenvalue weighted by Crippen LogP contribution is 2.35. The number of nitrogens with one attached hydrogen (secondary N) is 1. The molecule has 0 radical (unpaired) electrons. The summed E-state index contributed by atoms with van der Waals surface area (Å²) in [6, 6.07) is 11.4. The predicted octanol–water partition coefficient (Wildman–Crippen LogP) is 5.48. The minimum atomic E-state index is -0.200. The lowest BCUT2D eigenvalue weighted by atomic mass is 9.89. The monoisotopic (exact) mass is 398 g/mol. The fraction of sp³-hybridized carbons (Fsp3) is 0.348. The predicted molar refractivity (Wildman–Crippen MR) is 116 cm³/mol. The molecule has 1 N–H and O–H groups in total. The van der Waals surface area contributed by atoms with E-state index in [0.29, 0.717) is 16.3 Å². The molecule has 0 saturated heterocycles. The van der Waals surface area contributed by atoms with E-state index in [4.69, 9.17) is 16.3 Å². The number of carbonyl (C=O) groups excluding carboxylic acids is 1. The first-order valence-corrected chi connectivity index (χ1v) is 9.90. The van der Waals surface area contributed by atoms with Gasteiger partial charge in [-0.1, -0.05) is 29.8 Å². The van der Waals surface area contributed by atoms with Crippen molar-refractivity contribution in [2.75, 3.05) is 18.9 Å². The Kier molecular flexibility index (Phi) is 6.11. The molecule has 0 aliphatic carbocycles. The van der Waals surface area contributed by atoms with Gasteiger partial charge < -0.3 is 10.1 Å². The second-order valence-corrected chi connectivity index (χ2v) is 8.07. The molecule has 0 spiro atoms. The van der Waals surface area contributed by atoms with Crippen LogP contribution in [0.2, 0.25) is 5.02 Å². The lowest BCUT2D eigenvalue weighted by Crippen LogP contribution is -2.32. The average Bonchev–Trinajstić information content (AvgIpc) is 2.62. The van der Waals surface area contributed by atoms with Crippen LogP contribution in [0, 0.1) is 0 Å². The third-order valence-electron chi connectivity index (χ3n) is 4.90. The Bertz CT molecular complexity index is 907. The number of nitrogens with zero attached hydrogens (tertiary/aromatic N) is 1. The topological polar surface area (TPSA) is 41.6 Å². The second-order valence-electron chi connectivity index (χ2n) is 7.66. The van der Waals surface area contributed by atoms with Gasteiger partial charge in [0.25, 0.3) is 5.91 Å². The van der Waals surface area contributed by atoms with Crippen LogP contribution >= 0.6 is 11.6 Å². The largest absolute Gasteiger partial charge is 0.489 e. The summed E-state index contributed by atoms with van der Waals surface area (Å²) in [7, 11) is 2.11.